The lowest BCUT2D eigenvalue weighted by atomic mass is 9.94. The van der Waals surface area contributed by atoms with Crippen molar-refractivity contribution in [2.75, 3.05) is 13.1 Å². The Morgan fingerprint density at radius 1 is 1.04 bits per heavy atom. The Bertz CT molecular complexity index is 591. The van der Waals surface area contributed by atoms with Crippen LogP contribution in [0, 0.1) is 11.8 Å². The van der Waals surface area contributed by atoms with E-state index in [1.165, 1.54) is 0 Å². The van der Waals surface area contributed by atoms with Crippen molar-refractivity contribution in [2.45, 2.75) is 72.1 Å². The molecule has 1 saturated heterocycles. The summed E-state index contributed by atoms with van der Waals surface area (Å²) in [6.45, 7) is 11.0. The second-order valence-corrected chi connectivity index (χ2v) is 8.54. The van der Waals surface area contributed by atoms with Crippen molar-refractivity contribution in [3.63, 3.8) is 0 Å². The molecule has 3 amide bonds. The Balaban J connectivity index is 2.52. The zero-order chi connectivity index (χ0) is 21.6. The molecule has 1 rings (SSSR count). The summed E-state index contributed by atoms with van der Waals surface area (Å²) in [5.74, 6) is -2.15. The average Bonchev–Trinajstić information content (AvgIpc) is 2.56. The molecule has 28 heavy (non-hydrogen) atoms. The lowest BCUT2D eigenvalue weighted by molar-refractivity contribution is -0.144. The molecule has 1 fully saturated rings. The number of alkyl carbamates (subject to hydrolysis) is 1. The molecule has 9 heteroatoms. The second kappa shape index (κ2) is 9.75. The van der Waals surface area contributed by atoms with E-state index < -0.39 is 29.7 Å². The number of amides is 3. The number of ether oxygens (including phenoxy) is 1. The zero-order valence-corrected chi connectivity index (χ0v) is 17.6. The van der Waals surface area contributed by atoms with Gasteiger partial charge in [0.1, 0.15) is 17.7 Å². The van der Waals surface area contributed by atoms with Crippen molar-refractivity contribution in [2.24, 2.45) is 11.8 Å². The molecule has 2 unspecified atom stereocenters. The van der Waals surface area contributed by atoms with Gasteiger partial charge in [-0.25, -0.2) is 9.59 Å². The summed E-state index contributed by atoms with van der Waals surface area (Å²) in [7, 11) is 0. The number of carbonyl (C=O) groups excluding carboxylic acids is 3. The van der Waals surface area contributed by atoms with E-state index in [4.69, 9.17) is 4.74 Å². The number of piperidine rings is 1. The van der Waals surface area contributed by atoms with Gasteiger partial charge in [0.05, 0.1) is 0 Å². The fourth-order valence-electron chi connectivity index (χ4n) is 2.97. The summed E-state index contributed by atoms with van der Waals surface area (Å²) in [5.41, 5.74) is -0.650. The van der Waals surface area contributed by atoms with Crippen LogP contribution in [0.25, 0.3) is 0 Å². The minimum atomic E-state index is -1.06. The highest BCUT2D eigenvalue weighted by Crippen LogP contribution is 2.19. The van der Waals surface area contributed by atoms with Gasteiger partial charge in [-0.2, -0.15) is 0 Å². The summed E-state index contributed by atoms with van der Waals surface area (Å²) >= 11 is 0. The van der Waals surface area contributed by atoms with Gasteiger partial charge in [-0.1, -0.05) is 13.8 Å². The molecule has 0 saturated carbocycles. The molecule has 3 N–H and O–H groups in total. The van der Waals surface area contributed by atoms with E-state index in [9.17, 15) is 24.3 Å². The van der Waals surface area contributed by atoms with Gasteiger partial charge >= 0.3 is 12.1 Å². The summed E-state index contributed by atoms with van der Waals surface area (Å²) in [6, 6.07) is -1.66. The number of hydrogen-bond acceptors (Lipinski definition) is 5. The number of carboxylic acids is 1. The molecule has 0 aliphatic carbocycles. The van der Waals surface area contributed by atoms with Crippen molar-refractivity contribution in [3.05, 3.63) is 0 Å². The van der Waals surface area contributed by atoms with Gasteiger partial charge in [-0.15, -0.1) is 0 Å². The van der Waals surface area contributed by atoms with Crippen LogP contribution in [0.5, 0.6) is 0 Å². The molecule has 1 aliphatic rings. The van der Waals surface area contributed by atoms with E-state index in [0.717, 1.165) is 0 Å². The summed E-state index contributed by atoms with van der Waals surface area (Å²) in [6.07, 6.45) is 0.235. The quantitative estimate of drug-likeness (QED) is 0.619. The highest BCUT2D eigenvalue weighted by Gasteiger charge is 2.32. The minimum Gasteiger partial charge on any atom is -0.480 e. The van der Waals surface area contributed by atoms with Crippen LogP contribution in [0.2, 0.25) is 0 Å². The van der Waals surface area contributed by atoms with Gasteiger partial charge in [0.2, 0.25) is 11.8 Å². The van der Waals surface area contributed by atoms with Crippen LogP contribution < -0.4 is 10.6 Å². The number of carboxylic acid groups (broad SMARTS) is 1. The Morgan fingerprint density at radius 2 is 1.57 bits per heavy atom. The second-order valence-electron chi connectivity index (χ2n) is 8.54. The number of aliphatic carboxylic acids is 1. The topological polar surface area (TPSA) is 125 Å². The van der Waals surface area contributed by atoms with Gasteiger partial charge in [-0.05, 0) is 46.5 Å². The van der Waals surface area contributed by atoms with Gasteiger partial charge in [0.15, 0.2) is 0 Å². The first-order valence-corrected chi connectivity index (χ1v) is 9.63. The van der Waals surface area contributed by atoms with Crippen molar-refractivity contribution in [1.82, 2.24) is 15.5 Å². The van der Waals surface area contributed by atoms with Crippen molar-refractivity contribution < 1.29 is 29.0 Å². The predicted molar refractivity (Wildman–Crippen MR) is 103 cm³/mol. The molecule has 1 aliphatic heterocycles. The number of nitrogens with one attached hydrogen (secondary N) is 2. The Hall–Kier alpha value is -2.32. The van der Waals surface area contributed by atoms with Gasteiger partial charge in [-0.3, -0.25) is 9.59 Å². The molecule has 0 radical (unpaired) electrons. The van der Waals surface area contributed by atoms with Crippen molar-refractivity contribution in [3.8, 4) is 0 Å². The smallest absolute Gasteiger partial charge is 0.408 e. The van der Waals surface area contributed by atoms with Crippen LogP contribution in [-0.2, 0) is 19.1 Å². The SMILES string of the molecule is CC(NC(=O)OC(C)(C)C)C(=O)N1CCC(C(=O)NC(C(=O)O)C(C)C)CC1. The first kappa shape index (κ1) is 23.7. The molecule has 9 nitrogen and oxygen atoms in total. The van der Waals surface area contributed by atoms with Crippen LogP contribution in [0.3, 0.4) is 0 Å². The maximum absolute atomic E-state index is 12.5. The third-order valence-corrected chi connectivity index (χ3v) is 4.51. The molecule has 160 valence electrons. The number of hydrogen-bond donors (Lipinski definition) is 3. The maximum atomic E-state index is 12.5. The fraction of sp³-hybridized carbons (Fsp3) is 0.789. The van der Waals surface area contributed by atoms with E-state index in [1.807, 2.05) is 0 Å². The molecule has 0 bridgehead atoms. The predicted octanol–water partition coefficient (Wildman–Crippen LogP) is 1.36. The molecule has 1 heterocycles. The van der Waals surface area contributed by atoms with E-state index in [-0.39, 0.29) is 23.7 Å². The van der Waals surface area contributed by atoms with Crippen LogP contribution in [-0.4, -0.2) is 64.7 Å². The third-order valence-electron chi connectivity index (χ3n) is 4.51. The van der Waals surface area contributed by atoms with Gasteiger partial charge in [0.25, 0.3) is 0 Å². The molecular weight excluding hydrogens is 366 g/mol. The fourth-order valence-corrected chi connectivity index (χ4v) is 2.97. The van der Waals surface area contributed by atoms with Crippen molar-refractivity contribution in [1.29, 1.82) is 0 Å². The minimum absolute atomic E-state index is 0.220. The van der Waals surface area contributed by atoms with Gasteiger partial charge < -0.3 is 25.4 Å². The molecule has 0 aromatic carbocycles. The Kier molecular flexibility index (Phi) is 8.26. The van der Waals surface area contributed by atoms with Crippen molar-refractivity contribution >= 4 is 23.9 Å². The highest BCUT2D eigenvalue weighted by molar-refractivity contribution is 5.87. The van der Waals surface area contributed by atoms with E-state index in [1.54, 1.807) is 46.4 Å². The van der Waals surface area contributed by atoms with E-state index in [0.29, 0.717) is 25.9 Å². The monoisotopic (exact) mass is 399 g/mol. The summed E-state index contributed by atoms with van der Waals surface area (Å²) in [4.78, 5) is 49.5. The lowest BCUT2D eigenvalue weighted by Gasteiger charge is -2.34. The summed E-state index contributed by atoms with van der Waals surface area (Å²) in [5, 5.41) is 14.3. The highest BCUT2D eigenvalue weighted by atomic mass is 16.6. The Labute approximate surface area is 166 Å². The molecule has 0 aromatic rings. The van der Waals surface area contributed by atoms with Crippen LogP contribution in [0.15, 0.2) is 0 Å². The maximum Gasteiger partial charge on any atom is 0.408 e. The molecule has 0 spiro atoms. The normalized spacial score (nSPS) is 17.6. The average molecular weight is 399 g/mol. The largest absolute Gasteiger partial charge is 0.480 e. The van der Waals surface area contributed by atoms with Gasteiger partial charge in [0, 0.05) is 19.0 Å². The summed E-state index contributed by atoms with van der Waals surface area (Å²) < 4.78 is 5.15. The van der Waals surface area contributed by atoms with Crippen LogP contribution in [0.4, 0.5) is 4.79 Å². The number of rotatable bonds is 6. The lowest BCUT2D eigenvalue weighted by Crippen LogP contribution is -2.52. The van der Waals surface area contributed by atoms with Crippen LogP contribution in [0.1, 0.15) is 54.4 Å². The first-order chi connectivity index (χ1) is 12.8. The number of likely N-dealkylation sites (tertiary alicyclic amines) is 1. The Morgan fingerprint density at radius 3 is 2.00 bits per heavy atom. The van der Waals surface area contributed by atoms with E-state index >= 15 is 0 Å². The molecule has 2 atom stereocenters. The first-order valence-electron chi connectivity index (χ1n) is 9.63. The standard InChI is InChI=1S/C19H33N3O6/c1-11(2)14(17(25)26)21-15(23)13-7-9-22(10-8-13)16(24)12(3)20-18(27)28-19(4,5)6/h11-14H,7-10H2,1-6H3,(H,20,27)(H,21,23)(H,25,26). The molecular formula is C19H33N3O6. The molecule has 0 aromatic heterocycles. The van der Waals surface area contributed by atoms with E-state index in [2.05, 4.69) is 10.6 Å². The zero-order valence-electron chi connectivity index (χ0n) is 17.6. The number of nitrogens with zero attached hydrogens (tertiary/aromatic N) is 1. The van der Waals surface area contributed by atoms with Crippen LogP contribution >= 0.6 is 0 Å². The third kappa shape index (κ3) is 7.36. The number of carbonyl (C=O) groups is 4.